The molecule has 35 heavy (non-hydrogen) atoms. The van der Waals surface area contributed by atoms with Gasteiger partial charge in [0.25, 0.3) is 5.56 Å². The average Bonchev–Trinajstić information content (AvgIpc) is 3.07. The molecule has 178 valence electrons. The van der Waals surface area contributed by atoms with Crippen LogP contribution in [0.1, 0.15) is 17.5 Å². The maximum Gasteiger partial charge on any atom is 0.266 e. The molecular formula is C27H25N3O4S. The summed E-state index contributed by atoms with van der Waals surface area (Å²) in [5.41, 5.74) is 3.89. The van der Waals surface area contributed by atoms with E-state index in [1.54, 1.807) is 28.8 Å². The monoisotopic (exact) mass is 487 g/mol. The molecule has 3 aromatic carbocycles. The van der Waals surface area contributed by atoms with Gasteiger partial charge in [-0.1, -0.05) is 30.0 Å². The zero-order valence-corrected chi connectivity index (χ0v) is 20.4. The van der Waals surface area contributed by atoms with Crippen molar-refractivity contribution in [3.8, 4) is 17.2 Å². The number of thioether (sulfide) groups is 1. The summed E-state index contributed by atoms with van der Waals surface area (Å²) in [6, 6.07) is 18.6. The molecule has 1 aromatic heterocycles. The van der Waals surface area contributed by atoms with E-state index >= 15 is 0 Å². The van der Waals surface area contributed by atoms with Crippen LogP contribution in [0.2, 0.25) is 0 Å². The first-order chi connectivity index (χ1) is 17.0. The summed E-state index contributed by atoms with van der Waals surface area (Å²) in [5.74, 6) is 1.17. The van der Waals surface area contributed by atoms with Gasteiger partial charge in [0.15, 0.2) is 16.7 Å². The van der Waals surface area contributed by atoms with Gasteiger partial charge in [-0.3, -0.25) is 14.2 Å². The summed E-state index contributed by atoms with van der Waals surface area (Å²) in [6.45, 7) is 5.16. The minimum absolute atomic E-state index is 0.0873. The molecule has 0 bridgehead atoms. The largest absolute Gasteiger partial charge is 0.490 e. The van der Waals surface area contributed by atoms with Crippen LogP contribution in [0.3, 0.4) is 0 Å². The third-order valence-electron chi connectivity index (χ3n) is 5.57. The van der Waals surface area contributed by atoms with Crippen molar-refractivity contribution in [2.24, 2.45) is 0 Å². The maximum absolute atomic E-state index is 13.5. The van der Waals surface area contributed by atoms with Crippen LogP contribution in [0.15, 0.2) is 70.6 Å². The Morgan fingerprint density at radius 3 is 2.54 bits per heavy atom. The summed E-state index contributed by atoms with van der Waals surface area (Å²) in [6.07, 6.45) is 0.813. The first-order valence-electron chi connectivity index (χ1n) is 11.4. The highest BCUT2D eigenvalue weighted by Gasteiger charge is 2.16. The molecule has 4 aromatic rings. The number of rotatable bonds is 5. The molecule has 0 fully saturated rings. The zero-order chi connectivity index (χ0) is 24.4. The number of aryl methyl sites for hydroxylation is 2. The third-order valence-corrected chi connectivity index (χ3v) is 6.51. The number of ether oxygens (including phenoxy) is 2. The average molecular weight is 488 g/mol. The minimum Gasteiger partial charge on any atom is -0.490 e. The van der Waals surface area contributed by atoms with Gasteiger partial charge in [0, 0.05) is 18.2 Å². The quantitative estimate of drug-likeness (QED) is 0.319. The Kier molecular flexibility index (Phi) is 6.46. The number of carbonyl (C=O) groups is 1. The van der Waals surface area contributed by atoms with Crippen LogP contribution < -0.4 is 20.3 Å². The van der Waals surface area contributed by atoms with Crippen LogP contribution in [0.4, 0.5) is 5.69 Å². The Morgan fingerprint density at radius 1 is 1.00 bits per heavy atom. The van der Waals surface area contributed by atoms with Crippen molar-refractivity contribution < 1.29 is 14.3 Å². The number of benzene rings is 3. The second-order valence-electron chi connectivity index (χ2n) is 8.45. The molecule has 1 aliphatic rings. The van der Waals surface area contributed by atoms with Crippen molar-refractivity contribution in [3.05, 3.63) is 82.1 Å². The number of para-hydroxylation sites is 1. The molecule has 0 atom stereocenters. The van der Waals surface area contributed by atoms with Crippen molar-refractivity contribution in [1.82, 2.24) is 9.55 Å². The van der Waals surface area contributed by atoms with Crippen LogP contribution in [0.25, 0.3) is 16.6 Å². The Hall–Kier alpha value is -3.78. The van der Waals surface area contributed by atoms with E-state index in [1.165, 1.54) is 11.8 Å². The van der Waals surface area contributed by atoms with Gasteiger partial charge in [-0.05, 0) is 61.4 Å². The van der Waals surface area contributed by atoms with E-state index in [0.717, 1.165) is 23.2 Å². The second-order valence-corrected chi connectivity index (χ2v) is 9.39. The first-order valence-corrected chi connectivity index (χ1v) is 12.4. The van der Waals surface area contributed by atoms with Crippen LogP contribution in [0, 0.1) is 13.8 Å². The lowest BCUT2D eigenvalue weighted by Crippen LogP contribution is -2.23. The van der Waals surface area contributed by atoms with Crippen LogP contribution in [-0.4, -0.2) is 34.4 Å². The van der Waals surface area contributed by atoms with Crippen LogP contribution in [0.5, 0.6) is 11.5 Å². The topological polar surface area (TPSA) is 82.5 Å². The van der Waals surface area contributed by atoms with E-state index in [2.05, 4.69) is 11.4 Å². The number of hydrogen-bond acceptors (Lipinski definition) is 6. The SMILES string of the molecule is Cc1cc(C)cc(-n2c(SCC(=O)Nc3ccc4c(c3)OCCCO4)nc3ccccc3c2=O)c1. The fraction of sp³-hybridized carbons (Fsp3) is 0.222. The van der Waals surface area contributed by atoms with Gasteiger partial charge in [-0.25, -0.2) is 4.98 Å². The molecule has 0 saturated carbocycles. The Balaban J connectivity index is 1.42. The van der Waals surface area contributed by atoms with Gasteiger partial charge in [-0.2, -0.15) is 0 Å². The number of aromatic nitrogens is 2. The van der Waals surface area contributed by atoms with Gasteiger partial charge in [0.05, 0.1) is 35.6 Å². The summed E-state index contributed by atoms with van der Waals surface area (Å²) in [7, 11) is 0. The van der Waals surface area contributed by atoms with Gasteiger partial charge in [-0.15, -0.1) is 0 Å². The Bertz CT molecular complexity index is 1460. The van der Waals surface area contributed by atoms with Crippen molar-refractivity contribution in [2.45, 2.75) is 25.4 Å². The predicted molar refractivity (Wildman–Crippen MR) is 138 cm³/mol. The number of anilines is 1. The van der Waals surface area contributed by atoms with E-state index < -0.39 is 0 Å². The van der Waals surface area contributed by atoms with Gasteiger partial charge < -0.3 is 14.8 Å². The Labute approximate surface area is 207 Å². The van der Waals surface area contributed by atoms with Crippen molar-refractivity contribution in [2.75, 3.05) is 24.3 Å². The van der Waals surface area contributed by atoms with E-state index in [1.807, 2.05) is 44.2 Å². The number of nitrogens with zero attached hydrogens (tertiary/aromatic N) is 2. The Morgan fingerprint density at radius 2 is 1.74 bits per heavy atom. The molecule has 0 unspecified atom stereocenters. The molecule has 7 nitrogen and oxygen atoms in total. The highest BCUT2D eigenvalue weighted by molar-refractivity contribution is 7.99. The second kappa shape index (κ2) is 9.84. The molecule has 0 aliphatic carbocycles. The number of hydrogen-bond donors (Lipinski definition) is 1. The smallest absolute Gasteiger partial charge is 0.266 e. The maximum atomic E-state index is 13.5. The third kappa shape index (κ3) is 5.02. The summed E-state index contributed by atoms with van der Waals surface area (Å²) in [5, 5.41) is 3.90. The molecule has 1 aliphatic heterocycles. The zero-order valence-electron chi connectivity index (χ0n) is 19.5. The molecule has 1 amide bonds. The number of carbonyl (C=O) groups excluding carboxylic acids is 1. The van der Waals surface area contributed by atoms with E-state index in [9.17, 15) is 9.59 Å². The molecular weight excluding hydrogens is 462 g/mol. The molecule has 1 N–H and O–H groups in total. The highest BCUT2D eigenvalue weighted by Crippen LogP contribution is 2.32. The van der Waals surface area contributed by atoms with Gasteiger partial charge in [0.1, 0.15) is 0 Å². The predicted octanol–water partition coefficient (Wildman–Crippen LogP) is 4.89. The van der Waals surface area contributed by atoms with E-state index in [4.69, 9.17) is 14.5 Å². The number of amides is 1. The van der Waals surface area contributed by atoms with Gasteiger partial charge >= 0.3 is 0 Å². The van der Waals surface area contributed by atoms with Crippen LogP contribution >= 0.6 is 11.8 Å². The highest BCUT2D eigenvalue weighted by atomic mass is 32.2. The number of nitrogens with one attached hydrogen (secondary N) is 1. The van der Waals surface area contributed by atoms with Crippen LogP contribution in [-0.2, 0) is 4.79 Å². The molecule has 0 spiro atoms. The van der Waals surface area contributed by atoms with Gasteiger partial charge in [0.2, 0.25) is 5.91 Å². The summed E-state index contributed by atoms with van der Waals surface area (Å²) in [4.78, 5) is 31.0. The molecule has 5 rings (SSSR count). The molecule has 8 heteroatoms. The minimum atomic E-state index is -0.209. The molecule has 2 heterocycles. The molecule has 0 radical (unpaired) electrons. The lowest BCUT2D eigenvalue weighted by Gasteiger charge is -2.15. The fourth-order valence-corrected chi connectivity index (χ4v) is 4.90. The van der Waals surface area contributed by atoms with Crippen molar-refractivity contribution >= 4 is 34.3 Å². The standard InChI is InChI=1S/C27H25N3O4S/c1-17-12-18(2)14-20(13-17)30-26(32)21-6-3-4-7-22(21)29-27(30)35-16-25(31)28-19-8-9-23-24(15-19)34-11-5-10-33-23/h3-4,6-9,12-15H,5,10-11,16H2,1-2H3,(H,28,31). The molecule has 0 saturated heterocycles. The van der Waals surface area contributed by atoms with E-state index in [0.29, 0.717) is 46.5 Å². The normalized spacial score (nSPS) is 12.9. The summed E-state index contributed by atoms with van der Waals surface area (Å²) < 4.78 is 12.9. The first kappa shape index (κ1) is 23.0. The lowest BCUT2D eigenvalue weighted by molar-refractivity contribution is -0.113. The van der Waals surface area contributed by atoms with E-state index in [-0.39, 0.29) is 17.2 Å². The van der Waals surface area contributed by atoms with Crippen molar-refractivity contribution in [3.63, 3.8) is 0 Å². The fourth-order valence-electron chi connectivity index (χ4n) is 4.08. The lowest BCUT2D eigenvalue weighted by atomic mass is 10.1. The number of fused-ring (bicyclic) bond motifs is 2. The summed E-state index contributed by atoms with van der Waals surface area (Å²) >= 11 is 1.23. The van der Waals surface area contributed by atoms with Crippen molar-refractivity contribution in [1.29, 1.82) is 0 Å².